The Bertz CT molecular complexity index is 1510. The predicted octanol–water partition coefficient (Wildman–Crippen LogP) is 2.03. The molecule has 13 heteroatoms. The lowest BCUT2D eigenvalue weighted by atomic mass is 10.0. The van der Waals surface area contributed by atoms with Crippen molar-refractivity contribution in [3.05, 3.63) is 59.1 Å². The smallest absolute Gasteiger partial charge is 0.258 e. The number of aromatic nitrogens is 1. The minimum absolute atomic E-state index is 0.106. The molecule has 0 saturated heterocycles. The summed E-state index contributed by atoms with van der Waals surface area (Å²) in [5.41, 5.74) is 3.68. The summed E-state index contributed by atoms with van der Waals surface area (Å²) < 4.78 is 6.47. The zero-order valence-electron chi connectivity index (χ0n) is 25.8. The maximum Gasteiger partial charge on any atom is 0.258 e. The lowest BCUT2D eigenvalue weighted by Gasteiger charge is -2.26. The van der Waals surface area contributed by atoms with E-state index < -0.39 is 23.9 Å². The Kier molecular flexibility index (Phi) is 11.9. The van der Waals surface area contributed by atoms with E-state index in [4.69, 9.17) is 4.74 Å². The van der Waals surface area contributed by atoms with E-state index in [0.29, 0.717) is 24.2 Å². The minimum atomic E-state index is -0.900. The molecule has 1 aromatic heterocycles. The first-order chi connectivity index (χ1) is 21.6. The van der Waals surface area contributed by atoms with Gasteiger partial charge in [-0.25, -0.2) is 4.98 Å². The number of ether oxygens (including phenoxy) is 1. The first-order valence-corrected chi connectivity index (χ1v) is 15.9. The molecule has 5 rings (SSSR count). The Morgan fingerprint density at radius 3 is 2.60 bits per heavy atom. The van der Waals surface area contributed by atoms with E-state index in [1.807, 2.05) is 13.8 Å². The van der Waals surface area contributed by atoms with Gasteiger partial charge in [0.05, 0.1) is 15.7 Å². The van der Waals surface area contributed by atoms with E-state index >= 15 is 0 Å². The van der Waals surface area contributed by atoms with Gasteiger partial charge in [0.15, 0.2) is 6.61 Å². The molecule has 2 bridgehead atoms. The van der Waals surface area contributed by atoms with E-state index in [2.05, 4.69) is 26.3 Å². The van der Waals surface area contributed by atoms with E-state index in [9.17, 15) is 24.0 Å². The fourth-order valence-electron chi connectivity index (χ4n) is 4.89. The summed E-state index contributed by atoms with van der Waals surface area (Å²) in [5.74, 6) is -1.05. The van der Waals surface area contributed by atoms with E-state index in [0.717, 1.165) is 15.8 Å². The molecule has 5 amide bonds. The highest BCUT2D eigenvalue weighted by molar-refractivity contribution is 7.16. The minimum Gasteiger partial charge on any atom is -0.484 e. The number of likely N-dealkylation sites (N-methyl/N-ethyl adjacent to an activating group) is 1. The molecule has 12 nitrogen and oxygen atoms in total. The molecule has 0 unspecified atom stereocenters. The van der Waals surface area contributed by atoms with Gasteiger partial charge in [-0.2, -0.15) is 0 Å². The Labute approximate surface area is 266 Å². The molecular weight excluding hydrogens is 596 g/mol. The van der Waals surface area contributed by atoms with Crippen LogP contribution in [0.25, 0.3) is 10.2 Å². The normalized spacial score (nSPS) is 19.6. The van der Waals surface area contributed by atoms with Gasteiger partial charge in [-0.1, -0.05) is 26.0 Å². The third-order valence-electron chi connectivity index (χ3n) is 7.31. The Morgan fingerprint density at radius 1 is 1.07 bits per heavy atom. The summed E-state index contributed by atoms with van der Waals surface area (Å²) in [6.45, 7) is 4.44. The maximum atomic E-state index is 13.3. The number of hydrogen-bond acceptors (Lipinski definition) is 8. The van der Waals surface area contributed by atoms with Crippen molar-refractivity contribution in [2.24, 2.45) is 5.92 Å². The van der Waals surface area contributed by atoms with Gasteiger partial charge >= 0.3 is 0 Å². The molecule has 2 aliphatic rings. The topological polar surface area (TPSA) is 159 Å². The molecule has 2 atom stereocenters. The second kappa shape index (κ2) is 16.0. The Balaban J connectivity index is 1.49. The summed E-state index contributed by atoms with van der Waals surface area (Å²) in [6, 6.07) is 10.5. The van der Waals surface area contributed by atoms with Crippen LogP contribution in [0.5, 0.6) is 5.75 Å². The zero-order valence-corrected chi connectivity index (χ0v) is 26.6. The molecule has 240 valence electrons. The van der Waals surface area contributed by atoms with Crippen LogP contribution in [0.2, 0.25) is 0 Å². The lowest BCUT2D eigenvalue weighted by Crippen LogP contribution is -2.50. The van der Waals surface area contributed by atoms with Gasteiger partial charge in [-0.3, -0.25) is 24.0 Å². The second-order valence-electron chi connectivity index (χ2n) is 11.5. The molecule has 45 heavy (non-hydrogen) atoms. The molecule has 2 aromatic carbocycles. The highest BCUT2D eigenvalue weighted by Crippen LogP contribution is 2.20. The van der Waals surface area contributed by atoms with Crippen LogP contribution >= 0.6 is 11.3 Å². The molecule has 0 radical (unpaired) electrons. The first-order valence-electron chi connectivity index (χ1n) is 15.0. The van der Waals surface area contributed by atoms with Gasteiger partial charge in [-0.15, -0.1) is 11.3 Å². The van der Waals surface area contributed by atoms with Gasteiger partial charge in [0.25, 0.3) is 11.8 Å². The summed E-state index contributed by atoms with van der Waals surface area (Å²) in [7, 11) is 1.63. The van der Waals surface area contributed by atoms with Crippen LogP contribution in [0.4, 0.5) is 0 Å². The molecule has 3 heterocycles. The van der Waals surface area contributed by atoms with Crippen molar-refractivity contribution in [2.45, 2.75) is 51.6 Å². The number of benzene rings is 2. The number of amides is 5. The van der Waals surface area contributed by atoms with Crippen molar-refractivity contribution >= 4 is 51.1 Å². The van der Waals surface area contributed by atoms with Crippen molar-refractivity contribution < 1.29 is 28.7 Å². The monoisotopic (exact) mass is 636 g/mol. The molecule has 0 aliphatic carbocycles. The molecule has 0 spiro atoms. The third kappa shape index (κ3) is 10.00. The number of nitrogens with zero attached hydrogens (tertiary/aromatic N) is 2. The average molecular weight is 637 g/mol. The number of rotatable bonds is 4. The Hall–Kier alpha value is -4.52. The van der Waals surface area contributed by atoms with Crippen LogP contribution in [-0.2, 0) is 25.6 Å². The van der Waals surface area contributed by atoms with Crippen LogP contribution in [-0.4, -0.2) is 84.8 Å². The van der Waals surface area contributed by atoms with Crippen LogP contribution < -0.4 is 26.0 Å². The van der Waals surface area contributed by atoms with Crippen molar-refractivity contribution in [3.8, 4) is 5.75 Å². The quantitative estimate of drug-likeness (QED) is 0.319. The van der Waals surface area contributed by atoms with Crippen molar-refractivity contribution in [2.75, 3.05) is 33.3 Å². The summed E-state index contributed by atoms with van der Waals surface area (Å²) >= 11 is 1.42. The van der Waals surface area contributed by atoms with Crippen LogP contribution in [0.3, 0.4) is 0 Å². The lowest BCUT2D eigenvalue weighted by molar-refractivity contribution is -0.136. The van der Waals surface area contributed by atoms with Gasteiger partial charge in [-0.05, 0) is 54.7 Å². The van der Waals surface area contributed by atoms with Gasteiger partial charge in [0.1, 0.15) is 17.8 Å². The molecule has 3 aromatic rings. The Morgan fingerprint density at radius 2 is 1.84 bits per heavy atom. The SMILES string of the molecule is CC(C)C[C@@H]1NC(=O)CCCNC(=O)[C@@H](NC(=O)c2ccc3ncsc3c2)Cc2ccc(cc2)OCC(=O)NCCN(C)C1=O. The predicted molar refractivity (Wildman–Crippen MR) is 171 cm³/mol. The third-order valence-corrected chi connectivity index (χ3v) is 8.11. The van der Waals surface area contributed by atoms with Crippen molar-refractivity contribution in [1.29, 1.82) is 0 Å². The molecule has 0 fully saturated rings. The molecule has 4 N–H and O–H groups in total. The number of hydrogen-bond donors (Lipinski definition) is 4. The number of carbonyl (C=O) groups is 5. The maximum absolute atomic E-state index is 13.3. The largest absolute Gasteiger partial charge is 0.484 e. The number of thiazole rings is 1. The summed E-state index contributed by atoms with van der Waals surface area (Å²) in [6.07, 6.45) is 1.11. The molecule has 2 aliphatic heterocycles. The van der Waals surface area contributed by atoms with E-state index in [-0.39, 0.29) is 62.7 Å². The molecule has 0 saturated carbocycles. The number of carbonyl (C=O) groups excluding carboxylic acids is 5. The van der Waals surface area contributed by atoms with Gasteiger partial charge in [0, 0.05) is 45.1 Å². The fourth-order valence-corrected chi connectivity index (χ4v) is 5.60. The molecular formula is C32H40N6O6S. The zero-order chi connectivity index (χ0) is 32.3. The second-order valence-corrected chi connectivity index (χ2v) is 12.3. The fraction of sp³-hybridized carbons (Fsp3) is 0.438. The van der Waals surface area contributed by atoms with Crippen LogP contribution in [0, 0.1) is 5.92 Å². The van der Waals surface area contributed by atoms with Crippen LogP contribution in [0.15, 0.2) is 48.0 Å². The highest BCUT2D eigenvalue weighted by atomic mass is 32.1. The summed E-state index contributed by atoms with van der Waals surface area (Å²) in [4.78, 5) is 70.5. The van der Waals surface area contributed by atoms with Gasteiger partial charge in [0.2, 0.25) is 17.7 Å². The highest BCUT2D eigenvalue weighted by Gasteiger charge is 2.26. The standard InChI is InChI=1S/C32H40N6O6S/c1-20(2)15-26-32(43)38(3)14-13-33-29(40)18-44-23-9-6-21(7-10-23)16-25(31(42)34-12-4-5-28(39)36-26)37-30(41)22-8-11-24-27(17-22)45-19-35-24/h6-11,17,19-20,25-26H,4-5,12-16,18H2,1-3H3,(H,33,40)(H,34,42)(H,36,39)(H,37,41)/t25-,26-/m0/s1. The first kappa shape index (κ1) is 33.4. The number of fused-ring (bicyclic) bond motifs is 20. The van der Waals surface area contributed by atoms with E-state index in [1.54, 1.807) is 55.0 Å². The summed E-state index contributed by atoms with van der Waals surface area (Å²) in [5, 5.41) is 11.3. The van der Waals surface area contributed by atoms with E-state index in [1.165, 1.54) is 16.2 Å². The van der Waals surface area contributed by atoms with Crippen LogP contribution in [0.1, 0.15) is 49.0 Å². The number of nitrogens with one attached hydrogen (secondary N) is 4. The van der Waals surface area contributed by atoms with Gasteiger partial charge < -0.3 is 30.9 Å². The average Bonchev–Trinajstić information content (AvgIpc) is 3.49. The van der Waals surface area contributed by atoms with Crippen molar-refractivity contribution in [1.82, 2.24) is 31.2 Å². The van der Waals surface area contributed by atoms with Crippen molar-refractivity contribution in [3.63, 3.8) is 0 Å².